The molecular formula is C13H24O. The van der Waals surface area contributed by atoms with Crippen LogP contribution >= 0.6 is 0 Å². The summed E-state index contributed by atoms with van der Waals surface area (Å²) in [4.78, 5) is 9.99. The van der Waals surface area contributed by atoms with Crippen molar-refractivity contribution in [3.63, 3.8) is 0 Å². The summed E-state index contributed by atoms with van der Waals surface area (Å²) in [6.07, 6.45) is 10.0. The highest BCUT2D eigenvalue weighted by molar-refractivity contribution is 5.44. The third-order valence-electron chi connectivity index (χ3n) is 3.20. The highest BCUT2D eigenvalue weighted by atomic mass is 16.1. The van der Waals surface area contributed by atoms with Crippen LogP contribution in [0.25, 0.3) is 0 Å². The Morgan fingerprint density at radius 1 is 1.21 bits per heavy atom. The molecule has 0 rings (SSSR count). The predicted octanol–water partition coefficient (Wildman–Crippen LogP) is 4.15. The highest BCUT2D eigenvalue weighted by Gasteiger charge is 2.20. The summed E-state index contributed by atoms with van der Waals surface area (Å²) in [5, 5.41) is 0. The number of unbranched alkanes of at least 4 members (excludes halogenated alkanes) is 2. The van der Waals surface area contributed by atoms with Crippen molar-refractivity contribution < 1.29 is 4.79 Å². The Morgan fingerprint density at radius 2 is 1.86 bits per heavy atom. The summed E-state index contributed by atoms with van der Waals surface area (Å²) in [7, 11) is 0. The molecule has 0 aromatic carbocycles. The van der Waals surface area contributed by atoms with Gasteiger partial charge in [-0.2, -0.15) is 0 Å². The molecule has 1 nitrogen and oxygen atoms in total. The van der Waals surface area contributed by atoms with E-state index in [0.29, 0.717) is 5.41 Å². The van der Waals surface area contributed by atoms with E-state index in [2.05, 4.69) is 20.8 Å². The van der Waals surface area contributed by atoms with Gasteiger partial charge in [0, 0.05) is 0 Å². The van der Waals surface area contributed by atoms with E-state index >= 15 is 0 Å². The van der Waals surface area contributed by atoms with Crippen molar-refractivity contribution in [3.8, 4) is 0 Å². The van der Waals surface area contributed by atoms with E-state index in [1.807, 2.05) is 5.94 Å². The Kier molecular flexibility index (Phi) is 7.51. The second-order valence-corrected chi connectivity index (χ2v) is 4.48. The molecule has 0 saturated carbocycles. The van der Waals surface area contributed by atoms with Crippen molar-refractivity contribution >= 4 is 5.94 Å². The number of hydrogen-bond acceptors (Lipinski definition) is 1. The van der Waals surface area contributed by atoms with E-state index in [1.54, 1.807) is 6.08 Å². The van der Waals surface area contributed by atoms with Crippen molar-refractivity contribution in [2.24, 2.45) is 5.41 Å². The molecule has 0 aliphatic carbocycles. The standard InChI is InChI=1S/C13H24O/c1-4-6-10-13(3,5-2)11-8-7-9-12-14/h9H,4-8,10-11H2,1-3H3. The van der Waals surface area contributed by atoms with Gasteiger partial charge in [0.15, 0.2) is 0 Å². The molecule has 0 aliphatic heterocycles. The maximum atomic E-state index is 9.99. The van der Waals surface area contributed by atoms with Gasteiger partial charge in [-0.3, -0.25) is 0 Å². The van der Waals surface area contributed by atoms with Crippen LogP contribution in [-0.2, 0) is 4.79 Å². The van der Waals surface area contributed by atoms with Gasteiger partial charge in [-0.15, -0.1) is 0 Å². The van der Waals surface area contributed by atoms with Gasteiger partial charge in [0.1, 0.15) is 5.94 Å². The van der Waals surface area contributed by atoms with Crippen molar-refractivity contribution in [1.29, 1.82) is 0 Å². The SMILES string of the molecule is CCCCC(C)(CC)CCCC=C=O. The summed E-state index contributed by atoms with van der Waals surface area (Å²) < 4.78 is 0. The summed E-state index contributed by atoms with van der Waals surface area (Å²) in [6.45, 7) is 6.88. The average molecular weight is 196 g/mol. The van der Waals surface area contributed by atoms with E-state index in [0.717, 1.165) is 12.8 Å². The quantitative estimate of drug-likeness (QED) is 0.421. The minimum absolute atomic E-state index is 0.493. The summed E-state index contributed by atoms with van der Waals surface area (Å²) >= 11 is 0. The molecule has 0 aromatic rings. The van der Waals surface area contributed by atoms with Crippen LogP contribution in [-0.4, -0.2) is 5.94 Å². The van der Waals surface area contributed by atoms with Gasteiger partial charge in [-0.25, -0.2) is 4.79 Å². The van der Waals surface area contributed by atoms with Gasteiger partial charge in [0.05, 0.1) is 0 Å². The maximum absolute atomic E-state index is 9.99. The first-order valence-corrected chi connectivity index (χ1v) is 5.88. The molecule has 1 atom stereocenters. The van der Waals surface area contributed by atoms with E-state index in [-0.39, 0.29) is 0 Å². The third kappa shape index (κ3) is 5.99. The molecule has 0 radical (unpaired) electrons. The molecule has 0 saturated heterocycles. The van der Waals surface area contributed by atoms with Gasteiger partial charge in [-0.1, -0.05) is 40.0 Å². The summed E-state index contributed by atoms with van der Waals surface area (Å²) in [5.41, 5.74) is 0.493. The smallest absolute Gasteiger partial charge is 0.120 e. The third-order valence-corrected chi connectivity index (χ3v) is 3.20. The molecule has 0 N–H and O–H groups in total. The molecule has 1 heteroatoms. The van der Waals surface area contributed by atoms with Crippen LogP contribution in [0.1, 0.15) is 65.7 Å². The monoisotopic (exact) mass is 196 g/mol. The normalized spacial score (nSPS) is 14.5. The zero-order valence-electron chi connectivity index (χ0n) is 9.94. The molecule has 1 unspecified atom stereocenters. The molecule has 0 fully saturated rings. The lowest BCUT2D eigenvalue weighted by atomic mass is 9.78. The topological polar surface area (TPSA) is 17.1 Å². The number of allylic oxidation sites excluding steroid dienone is 1. The minimum atomic E-state index is 0.493. The van der Waals surface area contributed by atoms with Crippen molar-refractivity contribution in [3.05, 3.63) is 6.08 Å². The fourth-order valence-electron chi connectivity index (χ4n) is 1.77. The summed E-state index contributed by atoms with van der Waals surface area (Å²) in [5.74, 6) is 1.84. The number of hydrogen-bond donors (Lipinski definition) is 0. The number of carbonyl (C=O) groups excluding carboxylic acids is 1. The lowest BCUT2D eigenvalue weighted by Gasteiger charge is -2.28. The predicted molar refractivity (Wildman–Crippen MR) is 62.0 cm³/mol. The first kappa shape index (κ1) is 13.4. The van der Waals surface area contributed by atoms with Crippen molar-refractivity contribution in [2.45, 2.75) is 65.7 Å². The lowest BCUT2D eigenvalue weighted by molar-refractivity contribution is 0.247. The van der Waals surface area contributed by atoms with Crippen LogP contribution in [0.4, 0.5) is 0 Å². The Bertz CT molecular complexity index is 180. The second kappa shape index (κ2) is 7.82. The van der Waals surface area contributed by atoms with Gasteiger partial charge >= 0.3 is 0 Å². The van der Waals surface area contributed by atoms with Crippen molar-refractivity contribution in [1.82, 2.24) is 0 Å². The molecule has 0 aliphatic rings. The summed E-state index contributed by atoms with van der Waals surface area (Å²) in [6, 6.07) is 0. The van der Waals surface area contributed by atoms with Crippen LogP contribution in [0.3, 0.4) is 0 Å². The molecule has 14 heavy (non-hydrogen) atoms. The van der Waals surface area contributed by atoms with Crippen LogP contribution < -0.4 is 0 Å². The molecule has 0 amide bonds. The average Bonchev–Trinajstić information content (AvgIpc) is 2.22. The van der Waals surface area contributed by atoms with E-state index in [4.69, 9.17) is 0 Å². The van der Waals surface area contributed by atoms with Gasteiger partial charge in [0.2, 0.25) is 0 Å². The molecule has 0 bridgehead atoms. The fraction of sp³-hybridized carbons (Fsp3) is 0.846. The van der Waals surface area contributed by atoms with Crippen LogP contribution in [0, 0.1) is 5.41 Å². The molecule has 0 aromatic heterocycles. The number of rotatable bonds is 8. The Hall–Kier alpha value is -0.550. The minimum Gasteiger partial charge on any atom is -0.234 e. The fourth-order valence-corrected chi connectivity index (χ4v) is 1.77. The van der Waals surface area contributed by atoms with Crippen LogP contribution in [0.15, 0.2) is 6.08 Å². The maximum Gasteiger partial charge on any atom is 0.120 e. The molecule has 0 heterocycles. The lowest BCUT2D eigenvalue weighted by Crippen LogP contribution is -2.14. The largest absolute Gasteiger partial charge is 0.234 e. The molecule has 0 spiro atoms. The molecule has 82 valence electrons. The van der Waals surface area contributed by atoms with Crippen molar-refractivity contribution in [2.75, 3.05) is 0 Å². The Balaban J connectivity index is 3.79. The van der Waals surface area contributed by atoms with E-state index in [9.17, 15) is 4.79 Å². The molecular weight excluding hydrogens is 172 g/mol. The highest BCUT2D eigenvalue weighted by Crippen LogP contribution is 2.33. The van der Waals surface area contributed by atoms with E-state index < -0.39 is 0 Å². The first-order chi connectivity index (χ1) is 6.68. The van der Waals surface area contributed by atoms with Crippen LogP contribution in [0.5, 0.6) is 0 Å². The van der Waals surface area contributed by atoms with Gasteiger partial charge in [0.25, 0.3) is 0 Å². The zero-order chi connectivity index (χ0) is 10.9. The van der Waals surface area contributed by atoms with Gasteiger partial charge < -0.3 is 0 Å². The van der Waals surface area contributed by atoms with Gasteiger partial charge in [-0.05, 0) is 37.2 Å². The van der Waals surface area contributed by atoms with E-state index in [1.165, 1.54) is 32.1 Å². The zero-order valence-corrected chi connectivity index (χ0v) is 9.94. The van der Waals surface area contributed by atoms with Crippen LogP contribution in [0.2, 0.25) is 0 Å². The Morgan fingerprint density at radius 3 is 2.36 bits per heavy atom. The first-order valence-electron chi connectivity index (χ1n) is 5.88. The Labute approximate surface area is 88.6 Å². The second-order valence-electron chi connectivity index (χ2n) is 4.48.